The van der Waals surface area contributed by atoms with Gasteiger partial charge in [0.1, 0.15) is 5.54 Å². The minimum Gasteiger partial charge on any atom is -0.383 e. The van der Waals surface area contributed by atoms with Crippen molar-refractivity contribution < 1.29 is 9.53 Å². The fourth-order valence-corrected chi connectivity index (χ4v) is 2.25. The number of hydrogen-bond acceptors (Lipinski definition) is 4. The second-order valence-electron chi connectivity index (χ2n) is 6.12. The van der Waals surface area contributed by atoms with E-state index < -0.39 is 5.54 Å². The molecule has 1 atom stereocenters. The van der Waals surface area contributed by atoms with E-state index in [1.165, 1.54) is 0 Å². The van der Waals surface area contributed by atoms with Gasteiger partial charge in [0.05, 0.1) is 6.61 Å². The molecule has 0 aliphatic carbocycles. The lowest BCUT2D eigenvalue weighted by Gasteiger charge is -2.36. The lowest BCUT2D eigenvalue weighted by molar-refractivity contribution is -0.125. The molecule has 0 heterocycles. The summed E-state index contributed by atoms with van der Waals surface area (Å²) in [6.45, 7) is 13.2. The van der Waals surface area contributed by atoms with Crippen molar-refractivity contribution in [2.45, 2.75) is 46.2 Å². The summed E-state index contributed by atoms with van der Waals surface area (Å²) in [5.74, 6) is 0.223. The number of hydrogen-bond donors (Lipinski definition) is 2. The highest BCUT2D eigenvalue weighted by Crippen LogP contribution is 2.10. The highest BCUT2D eigenvalue weighted by Gasteiger charge is 2.33. The third-order valence-electron chi connectivity index (χ3n) is 2.93. The van der Waals surface area contributed by atoms with E-state index >= 15 is 0 Å². The molecule has 0 saturated carbocycles. The van der Waals surface area contributed by atoms with Crippen molar-refractivity contribution >= 4 is 5.91 Å². The van der Waals surface area contributed by atoms with Crippen molar-refractivity contribution in [1.29, 1.82) is 0 Å². The van der Waals surface area contributed by atoms with Gasteiger partial charge in [-0.25, -0.2) is 0 Å². The van der Waals surface area contributed by atoms with Gasteiger partial charge in [0.25, 0.3) is 0 Å². The Kier molecular flexibility index (Phi) is 8.22. The van der Waals surface area contributed by atoms with Crippen LogP contribution >= 0.6 is 0 Å². The first-order valence-corrected chi connectivity index (χ1v) is 7.00. The van der Waals surface area contributed by atoms with Crippen LogP contribution in [0.4, 0.5) is 0 Å². The van der Waals surface area contributed by atoms with Crippen LogP contribution in [-0.4, -0.2) is 55.7 Å². The summed E-state index contributed by atoms with van der Waals surface area (Å²) in [7, 11) is 1.69. The van der Waals surface area contributed by atoms with Crippen molar-refractivity contribution in [2.24, 2.45) is 11.7 Å². The average Bonchev–Trinajstić information content (AvgIpc) is 2.23. The van der Waals surface area contributed by atoms with Gasteiger partial charge in [-0.05, 0) is 26.7 Å². The molecule has 5 nitrogen and oxygen atoms in total. The van der Waals surface area contributed by atoms with E-state index in [0.29, 0.717) is 19.1 Å². The molecule has 3 N–H and O–H groups in total. The van der Waals surface area contributed by atoms with Crippen LogP contribution < -0.4 is 11.1 Å². The zero-order valence-electron chi connectivity index (χ0n) is 13.3. The minimum atomic E-state index is -0.712. The smallest absolute Gasteiger partial charge is 0.238 e. The minimum absolute atomic E-state index is 0.209. The standard InChI is InChI=1S/C14H31N3O2/c1-11(2)9-17(7-8-19-6)10-14(5,13(15)18)16-12(3)4/h11-12,16H,7-10H2,1-6H3,(H2,15,18). The molecule has 0 aromatic rings. The Morgan fingerprint density at radius 2 is 1.95 bits per heavy atom. The fraction of sp³-hybridized carbons (Fsp3) is 0.929. The monoisotopic (exact) mass is 273 g/mol. The lowest BCUT2D eigenvalue weighted by atomic mass is 9.98. The summed E-state index contributed by atoms with van der Waals surface area (Å²) >= 11 is 0. The van der Waals surface area contributed by atoms with Gasteiger partial charge in [-0.1, -0.05) is 13.8 Å². The molecule has 0 rings (SSSR count). The van der Waals surface area contributed by atoms with Crippen LogP contribution in [0.5, 0.6) is 0 Å². The molecule has 0 fully saturated rings. The van der Waals surface area contributed by atoms with Crippen LogP contribution in [0.1, 0.15) is 34.6 Å². The zero-order chi connectivity index (χ0) is 15.1. The molecule has 0 aliphatic rings. The van der Waals surface area contributed by atoms with E-state index in [-0.39, 0.29) is 11.9 Å². The second-order valence-corrected chi connectivity index (χ2v) is 6.12. The van der Waals surface area contributed by atoms with E-state index in [0.717, 1.165) is 13.1 Å². The summed E-state index contributed by atoms with van der Waals surface area (Å²) in [4.78, 5) is 14.0. The predicted molar refractivity (Wildman–Crippen MR) is 79.0 cm³/mol. The Labute approximate surface area is 117 Å². The van der Waals surface area contributed by atoms with Crippen molar-refractivity contribution in [3.05, 3.63) is 0 Å². The van der Waals surface area contributed by atoms with Crippen LogP contribution in [-0.2, 0) is 9.53 Å². The number of primary amides is 1. The van der Waals surface area contributed by atoms with Crippen molar-refractivity contribution in [1.82, 2.24) is 10.2 Å². The van der Waals surface area contributed by atoms with Crippen molar-refractivity contribution in [3.63, 3.8) is 0 Å². The van der Waals surface area contributed by atoms with Crippen LogP contribution in [0.25, 0.3) is 0 Å². The van der Waals surface area contributed by atoms with E-state index in [2.05, 4.69) is 24.1 Å². The average molecular weight is 273 g/mol. The molecule has 0 radical (unpaired) electrons. The molecule has 0 aliphatic heterocycles. The SMILES string of the molecule is COCCN(CC(C)C)CC(C)(NC(C)C)C(N)=O. The maximum Gasteiger partial charge on any atom is 0.238 e. The lowest BCUT2D eigenvalue weighted by Crippen LogP contribution is -2.61. The highest BCUT2D eigenvalue weighted by atomic mass is 16.5. The molecule has 0 aromatic heterocycles. The number of nitrogens with zero attached hydrogens (tertiary/aromatic N) is 1. The van der Waals surface area contributed by atoms with Gasteiger partial charge >= 0.3 is 0 Å². The third-order valence-corrected chi connectivity index (χ3v) is 2.93. The highest BCUT2D eigenvalue weighted by molar-refractivity contribution is 5.84. The number of amides is 1. The molecule has 1 amide bonds. The molecule has 0 aromatic carbocycles. The summed E-state index contributed by atoms with van der Waals surface area (Å²) in [5, 5.41) is 3.28. The first kappa shape index (κ1) is 18.4. The Morgan fingerprint density at radius 1 is 1.37 bits per heavy atom. The number of methoxy groups -OCH3 is 1. The number of ether oxygens (including phenoxy) is 1. The summed E-state index contributed by atoms with van der Waals surface area (Å²) < 4.78 is 5.13. The number of nitrogens with two attached hydrogens (primary N) is 1. The predicted octanol–water partition coefficient (Wildman–Crippen LogP) is 0.833. The topological polar surface area (TPSA) is 67.6 Å². The van der Waals surface area contributed by atoms with Gasteiger partial charge in [-0.3, -0.25) is 9.69 Å². The van der Waals surface area contributed by atoms with Gasteiger partial charge in [-0.2, -0.15) is 0 Å². The summed E-state index contributed by atoms with van der Waals surface area (Å²) in [6, 6.07) is 0.209. The maximum atomic E-state index is 11.8. The second kappa shape index (κ2) is 8.51. The van der Waals surface area contributed by atoms with E-state index in [9.17, 15) is 4.79 Å². The molecule has 5 heteroatoms. The number of carbonyl (C=O) groups excluding carboxylic acids is 1. The Balaban J connectivity index is 4.76. The first-order valence-electron chi connectivity index (χ1n) is 7.00. The molecule has 19 heavy (non-hydrogen) atoms. The number of rotatable bonds is 10. The zero-order valence-corrected chi connectivity index (χ0v) is 13.3. The molecular weight excluding hydrogens is 242 g/mol. The van der Waals surface area contributed by atoms with Gasteiger partial charge in [0.2, 0.25) is 5.91 Å². The Bertz CT molecular complexity index is 269. The normalized spacial score (nSPS) is 15.2. The molecular formula is C14H31N3O2. The van der Waals surface area contributed by atoms with Crippen LogP contribution in [0.3, 0.4) is 0 Å². The third kappa shape index (κ3) is 7.50. The molecule has 1 unspecified atom stereocenters. The van der Waals surface area contributed by atoms with E-state index in [1.807, 2.05) is 20.8 Å². The van der Waals surface area contributed by atoms with Gasteiger partial charge in [0, 0.05) is 32.8 Å². The Hall–Kier alpha value is -0.650. The van der Waals surface area contributed by atoms with Gasteiger partial charge in [0.15, 0.2) is 0 Å². The number of carbonyl (C=O) groups is 1. The largest absolute Gasteiger partial charge is 0.383 e. The van der Waals surface area contributed by atoms with E-state index in [1.54, 1.807) is 7.11 Å². The molecule has 0 bridgehead atoms. The van der Waals surface area contributed by atoms with Crippen LogP contribution in [0.2, 0.25) is 0 Å². The van der Waals surface area contributed by atoms with Crippen LogP contribution in [0.15, 0.2) is 0 Å². The number of nitrogens with one attached hydrogen (secondary N) is 1. The summed E-state index contributed by atoms with van der Waals surface area (Å²) in [5.41, 5.74) is 4.86. The van der Waals surface area contributed by atoms with Crippen LogP contribution in [0, 0.1) is 5.92 Å². The quantitative estimate of drug-likeness (QED) is 0.619. The first-order chi connectivity index (χ1) is 8.71. The summed E-state index contributed by atoms with van der Waals surface area (Å²) in [6.07, 6.45) is 0. The Morgan fingerprint density at radius 3 is 2.32 bits per heavy atom. The molecule has 0 spiro atoms. The van der Waals surface area contributed by atoms with Crippen molar-refractivity contribution in [3.8, 4) is 0 Å². The van der Waals surface area contributed by atoms with Crippen molar-refractivity contribution in [2.75, 3.05) is 33.4 Å². The maximum absolute atomic E-state index is 11.8. The molecule has 114 valence electrons. The van der Waals surface area contributed by atoms with E-state index in [4.69, 9.17) is 10.5 Å². The van der Waals surface area contributed by atoms with Gasteiger partial charge in [-0.15, -0.1) is 0 Å². The molecule has 0 saturated heterocycles. The fourth-order valence-electron chi connectivity index (χ4n) is 2.25. The van der Waals surface area contributed by atoms with Gasteiger partial charge < -0.3 is 15.8 Å².